The normalized spacial score (nSPS) is 14.5. The minimum absolute atomic E-state index is 0.0536. The topological polar surface area (TPSA) is 12.0 Å². The first kappa shape index (κ1) is 13.4. The molecule has 0 spiro atoms. The maximum Gasteiger partial charge on any atom is 0.124 e. The van der Waals surface area contributed by atoms with E-state index in [1.54, 1.807) is 6.07 Å². The van der Waals surface area contributed by atoms with Crippen molar-refractivity contribution in [2.24, 2.45) is 5.41 Å². The van der Waals surface area contributed by atoms with Gasteiger partial charge in [-0.1, -0.05) is 28.9 Å². The van der Waals surface area contributed by atoms with Gasteiger partial charge in [0.2, 0.25) is 0 Å². The van der Waals surface area contributed by atoms with Crippen LogP contribution in [0.2, 0.25) is 0 Å². The summed E-state index contributed by atoms with van der Waals surface area (Å²) >= 11 is 3.30. The Labute approximate surface area is 105 Å². The molecule has 1 rings (SSSR count). The van der Waals surface area contributed by atoms with E-state index in [0.717, 1.165) is 23.0 Å². The fraction of sp³-hybridized carbons (Fsp3) is 0.385. The van der Waals surface area contributed by atoms with Crippen LogP contribution in [0.15, 0.2) is 35.3 Å². The van der Waals surface area contributed by atoms with Crippen LogP contribution in [-0.4, -0.2) is 13.6 Å². The summed E-state index contributed by atoms with van der Waals surface area (Å²) in [7, 11) is 1.91. The second kappa shape index (κ2) is 5.60. The predicted octanol–water partition coefficient (Wildman–Crippen LogP) is 3.54. The molecule has 0 saturated carbocycles. The van der Waals surface area contributed by atoms with Gasteiger partial charge in [0, 0.05) is 16.4 Å². The lowest BCUT2D eigenvalue weighted by atomic mass is 9.83. The van der Waals surface area contributed by atoms with Gasteiger partial charge >= 0.3 is 0 Å². The summed E-state index contributed by atoms with van der Waals surface area (Å²) in [6.07, 6.45) is 2.69. The van der Waals surface area contributed by atoms with Gasteiger partial charge in [-0.15, -0.1) is 6.58 Å². The summed E-state index contributed by atoms with van der Waals surface area (Å²) in [5.41, 5.74) is 0.923. The van der Waals surface area contributed by atoms with Gasteiger partial charge in [-0.05, 0) is 37.2 Å². The van der Waals surface area contributed by atoms with Gasteiger partial charge in [-0.2, -0.15) is 0 Å². The van der Waals surface area contributed by atoms with Crippen LogP contribution in [0.5, 0.6) is 0 Å². The number of rotatable bonds is 5. The Bertz CT molecular complexity index is 358. The molecule has 0 saturated heterocycles. The van der Waals surface area contributed by atoms with E-state index in [1.165, 1.54) is 6.07 Å². The molecule has 1 nitrogen and oxygen atoms in total. The molecule has 1 atom stereocenters. The van der Waals surface area contributed by atoms with Gasteiger partial charge in [-0.25, -0.2) is 4.39 Å². The van der Waals surface area contributed by atoms with E-state index < -0.39 is 0 Å². The third-order valence-corrected chi connectivity index (χ3v) is 3.06. The number of benzene rings is 1. The third-order valence-electron chi connectivity index (χ3n) is 2.60. The maximum absolute atomic E-state index is 13.2. The summed E-state index contributed by atoms with van der Waals surface area (Å²) in [6.45, 7) is 6.78. The number of hydrogen-bond donors (Lipinski definition) is 1. The molecule has 0 aliphatic rings. The molecular formula is C13H17BrFN. The first-order valence-corrected chi connectivity index (χ1v) is 6.01. The van der Waals surface area contributed by atoms with E-state index in [4.69, 9.17) is 0 Å². The highest BCUT2D eigenvalue weighted by molar-refractivity contribution is 9.10. The summed E-state index contributed by atoms with van der Waals surface area (Å²) in [6, 6.07) is 4.98. The minimum atomic E-state index is -0.208. The molecule has 0 bridgehead atoms. The molecule has 0 aliphatic carbocycles. The number of nitrogens with one attached hydrogen (secondary N) is 1. The molecule has 0 aliphatic heterocycles. The van der Waals surface area contributed by atoms with Gasteiger partial charge in [0.05, 0.1) is 0 Å². The van der Waals surface area contributed by atoms with Crippen LogP contribution in [0.25, 0.3) is 0 Å². The molecule has 0 radical (unpaired) electrons. The van der Waals surface area contributed by atoms with Gasteiger partial charge < -0.3 is 5.32 Å². The zero-order chi connectivity index (χ0) is 12.2. The molecule has 88 valence electrons. The fourth-order valence-corrected chi connectivity index (χ4v) is 2.30. The van der Waals surface area contributed by atoms with Crippen molar-refractivity contribution < 1.29 is 4.39 Å². The largest absolute Gasteiger partial charge is 0.319 e. The van der Waals surface area contributed by atoms with Crippen LogP contribution < -0.4 is 5.32 Å². The summed E-state index contributed by atoms with van der Waals surface area (Å²) in [4.78, 5) is 0. The van der Waals surface area contributed by atoms with Gasteiger partial charge in [-0.3, -0.25) is 0 Å². The highest BCUT2D eigenvalue weighted by atomic mass is 79.9. The van der Waals surface area contributed by atoms with Crippen molar-refractivity contribution in [3.05, 3.63) is 46.7 Å². The van der Waals surface area contributed by atoms with Crippen molar-refractivity contribution >= 4 is 15.9 Å². The Morgan fingerprint density at radius 2 is 2.19 bits per heavy atom. The first-order valence-electron chi connectivity index (χ1n) is 5.22. The monoisotopic (exact) mass is 285 g/mol. The fourth-order valence-electron chi connectivity index (χ4n) is 1.79. The molecule has 16 heavy (non-hydrogen) atoms. The summed E-state index contributed by atoms with van der Waals surface area (Å²) < 4.78 is 14.0. The minimum Gasteiger partial charge on any atom is -0.319 e. The molecule has 1 N–H and O–H groups in total. The second-order valence-corrected chi connectivity index (χ2v) is 5.26. The van der Waals surface area contributed by atoms with Crippen LogP contribution in [0, 0.1) is 11.2 Å². The maximum atomic E-state index is 13.2. The molecule has 3 heteroatoms. The lowest BCUT2D eigenvalue weighted by Gasteiger charge is -2.25. The van der Waals surface area contributed by atoms with Crippen LogP contribution in [0.3, 0.4) is 0 Å². The van der Waals surface area contributed by atoms with E-state index in [1.807, 2.05) is 19.2 Å². The lowest BCUT2D eigenvalue weighted by molar-refractivity contribution is 0.405. The van der Waals surface area contributed by atoms with Crippen molar-refractivity contribution in [2.75, 3.05) is 13.6 Å². The van der Waals surface area contributed by atoms with Crippen molar-refractivity contribution in [3.63, 3.8) is 0 Å². The Morgan fingerprint density at radius 1 is 1.50 bits per heavy atom. The van der Waals surface area contributed by atoms with Crippen LogP contribution in [0.4, 0.5) is 4.39 Å². The zero-order valence-corrected chi connectivity index (χ0v) is 11.3. The Hall–Kier alpha value is -0.670. The smallest absolute Gasteiger partial charge is 0.124 e. The van der Waals surface area contributed by atoms with Crippen LogP contribution in [-0.2, 0) is 6.42 Å². The molecule has 0 heterocycles. The standard InChI is InChI=1S/C13H17BrFN/c1-4-13(2,9-16-3)8-10-5-11(14)7-12(15)6-10/h4-7,16H,1,8-9H2,2-3H3. The average molecular weight is 286 g/mol. The molecule has 1 aromatic carbocycles. The highest BCUT2D eigenvalue weighted by Gasteiger charge is 2.20. The van der Waals surface area contributed by atoms with Gasteiger partial charge in [0.15, 0.2) is 0 Å². The predicted molar refractivity (Wildman–Crippen MR) is 70.0 cm³/mol. The summed E-state index contributed by atoms with van der Waals surface area (Å²) in [5, 5.41) is 3.13. The van der Waals surface area contributed by atoms with Crippen LogP contribution >= 0.6 is 15.9 Å². The van der Waals surface area contributed by atoms with Crippen molar-refractivity contribution in [1.29, 1.82) is 0 Å². The molecule has 1 unspecified atom stereocenters. The second-order valence-electron chi connectivity index (χ2n) is 4.34. The molecule has 0 amide bonds. The van der Waals surface area contributed by atoms with E-state index in [9.17, 15) is 4.39 Å². The Balaban J connectivity index is 2.89. The van der Waals surface area contributed by atoms with E-state index >= 15 is 0 Å². The quantitative estimate of drug-likeness (QED) is 0.816. The number of hydrogen-bond acceptors (Lipinski definition) is 1. The Kier molecular flexibility index (Phi) is 4.69. The van der Waals surface area contributed by atoms with Crippen molar-refractivity contribution in [3.8, 4) is 0 Å². The van der Waals surface area contributed by atoms with Crippen molar-refractivity contribution in [1.82, 2.24) is 5.32 Å². The molecule has 0 aromatic heterocycles. The number of halogens is 2. The van der Waals surface area contributed by atoms with E-state index in [-0.39, 0.29) is 11.2 Å². The third kappa shape index (κ3) is 3.72. The zero-order valence-electron chi connectivity index (χ0n) is 9.69. The van der Waals surface area contributed by atoms with Crippen LogP contribution in [0.1, 0.15) is 12.5 Å². The first-order chi connectivity index (χ1) is 7.49. The van der Waals surface area contributed by atoms with Gasteiger partial charge in [0.25, 0.3) is 0 Å². The van der Waals surface area contributed by atoms with Crippen molar-refractivity contribution in [2.45, 2.75) is 13.3 Å². The molecule has 0 fully saturated rings. The average Bonchev–Trinajstić information content (AvgIpc) is 2.16. The highest BCUT2D eigenvalue weighted by Crippen LogP contribution is 2.25. The summed E-state index contributed by atoms with van der Waals surface area (Å²) in [5.74, 6) is -0.208. The lowest BCUT2D eigenvalue weighted by Crippen LogP contribution is -2.29. The molecular weight excluding hydrogens is 269 g/mol. The Morgan fingerprint density at radius 3 is 2.69 bits per heavy atom. The van der Waals surface area contributed by atoms with E-state index in [2.05, 4.69) is 34.7 Å². The SMILES string of the molecule is C=CC(C)(CNC)Cc1cc(F)cc(Br)c1. The van der Waals surface area contributed by atoms with E-state index in [0.29, 0.717) is 0 Å². The van der Waals surface area contributed by atoms with Gasteiger partial charge in [0.1, 0.15) is 5.82 Å². The molecule has 1 aromatic rings.